The second-order valence-electron chi connectivity index (χ2n) is 5.91. The molecule has 2 amide bonds. The maximum absolute atomic E-state index is 12.0. The fourth-order valence-electron chi connectivity index (χ4n) is 3.24. The number of carbonyl (C=O) groups is 2. The van der Waals surface area contributed by atoms with Gasteiger partial charge in [0.1, 0.15) is 0 Å². The lowest BCUT2D eigenvalue weighted by atomic mass is 9.82. The van der Waals surface area contributed by atoms with Gasteiger partial charge in [-0.15, -0.1) is 0 Å². The van der Waals surface area contributed by atoms with Gasteiger partial charge in [0.2, 0.25) is 0 Å². The molecular formula is C14H24N2O4. The van der Waals surface area contributed by atoms with E-state index in [-0.39, 0.29) is 24.6 Å². The highest BCUT2D eigenvalue weighted by atomic mass is 16.4. The topological polar surface area (TPSA) is 89.9 Å². The van der Waals surface area contributed by atoms with E-state index in [1.807, 2.05) is 0 Å². The van der Waals surface area contributed by atoms with Crippen molar-refractivity contribution in [2.24, 2.45) is 11.8 Å². The van der Waals surface area contributed by atoms with Crippen LogP contribution in [0, 0.1) is 11.8 Å². The van der Waals surface area contributed by atoms with Crippen molar-refractivity contribution in [3.8, 4) is 0 Å². The Morgan fingerprint density at radius 3 is 2.45 bits per heavy atom. The fourth-order valence-corrected chi connectivity index (χ4v) is 3.24. The second kappa shape index (κ2) is 6.92. The Hall–Kier alpha value is -1.30. The lowest BCUT2D eigenvalue weighted by molar-refractivity contribution is -0.143. The van der Waals surface area contributed by atoms with E-state index in [1.165, 1.54) is 0 Å². The maximum atomic E-state index is 12.0. The number of hydrogen-bond acceptors (Lipinski definition) is 3. The molecule has 1 saturated heterocycles. The number of aliphatic carboxylic acids is 1. The quantitative estimate of drug-likeness (QED) is 0.719. The van der Waals surface area contributed by atoms with Gasteiger partial charge in [-0.2, -0.15) is 0 Å². The van der Waals surface area contributed by atoms with Crippen LogP contribution in [-0.4, -0.2) is 52.9 Å². The zero-order chi connectivity index (χ0) is 14.5. The molecule has 0 aromatic carbocycles. The van der Waals surface area contributed by atoms with Crippen molar-refractivity contribution in [2.75, 3.05) is 19.7 Å². The molecule has 2 rings (SSSR count). The summed E-state index contributed by atoms with van der Waals surface area (Å²) in [6, 6.07) is -0.139. The normalized spacial score (nSPS) is 30.2. The van der Waals surface area contributed by atoms with Crippen LogP contribution in [0.1, 0.15) is 38.5 Å². The molecule has 0 bridgehead atoms. The van der Waals surface area contributed by atoms with Crippen LogP contribution in [0.25, 0.3) is 0 Å². The first-order valence-corrected chi connectivity index (χ1v) is 7.50. The van der Waals surface area contributed by atoms with E-state index in [4.69, 9.17) is 5.11 Å². The van der Waals surface area contributed by atoms with E-state index in [2.05, 4.69) is 5.32 Å². The Morgan fingerprint density at radius 2 is 1.85 bits per heavy atom. The summed E-state index contributed by atoms with van der Waals surface area (Å²) in [5, 5.41) is 21.1. The minimum Gasteiger partial charge on any atom is -0.481 e. The van der Waals surface area contributed by atoms with E-state index in [1.54, 1.807) is 4.90 Å². The molecule has 1 atom stereocenters. The van der Waals surface area contributed by atoms with E-state index in [9.17, 15) is 14.7 Å². The van der Waals surface area contributed by atoms with Crippen LogP contribution in [0.15, 0.2) is 0 Å². The van der Waals surface area contributed by atoms with Crippen molar-refractivity contribution >= 4 is 12.0 Å². The molecule has 20 heavy (non-hydrogen) atoms. The Kier molecular flexibility index (Phi) is 5.23. The van der Waals surface area contributed by atoms with Crippen molar-refractivity contribution in [3.63, 3.8) is 0 Å². The third-order valence-corrected chi connectivity index (χ3v) is 4.59. The second-order valence-corrected chi connectivity index (χ2v) is 5.91. The van der Waals surface area contributed by atoms with Crippen LogP contribution in [0.4, 0.5) is 4.79 Å². The molecule has 6 nitrogen and oxygen atoms in total. The number of aliphatic hydroxyl groups is 1. The number of nitrogens with zero attached hydrogens (tertiary/aromatic N) is 1. The van der Waals surface area contributed by atoms with Crippen LogP contribution >= 0.6 is 0 Å². The number of hydrogen-bond donors (Lipinski definition) is 3. The first-order valence-electron chi connectivity index (χ1n) is 7.50. The Bertz CT molecular complexity index is 353. The largest absolute Gasteiger partial charge is 0.481 e. The number of nitrogens with one attached hydrogen (secondary N) is 1. The maximum Gasteiger partial charge on any atom is 0.317 e. The summed E-state index contributed by atoms with van der Waals surface area (Å²) in [6.07, 6.45) is 4.95. The number of carboxylic acid groups (broad SMARTS) is 1. The van der Waals surface area contributed by atoms with Gasteiger partial charge in [0.25, 0.3) is 0 Å². The smallest absolute Gasteiger partial charge is 0.317 e. The molecule has 6 heteroatoms. The minimum absolute atomic E-state index is 0.0249. The number of aliphatic hydroxyl groups excluding tert-OH is 1. The number of carbonyl (C=O) groups excluding carboxylic acids is 1. The van der Waals surface area contributed by atoms with E-state index in [0.717, 1.165) is 25.7 Å². The van der Waals surface area contributed by atoms with E-state index >= 15 is 0 Å². The zero-order valence-electron chi connectivity index (χ0n) is 11.8. The molecule has 1 saturated carbocycles. The number of carboxylic acids is 1. The summed E-state index contributed by atoms with van der Waals surface area (Å²) >= 11 is 0. The molecule has 1 aliphatic carbocycles. The summed E-state index contributed by atoms with van der Waals surface area (Å²) in [5.41, 5.74) is 0. The van der Waals surface area contributed by atoms with Crippen LogP contribution < -0.4 is 5.32 Å². The molecule has 1 aliphatic heterocycles. The van der Waals surface area contributed by atoms with Gasteiger partial charge in [-0.05, 0) is 44.4 Å². The van der Waals surface area contributed by atoms with Gasteiger partial charge in [-0.25, -0.2) is 4.79 Å². The summed E-state index contributed by atoms with van der Waals surface area (Å²) in [4.78, 5) is 24.6. The molecule has 0 radical (unpaired) electrons. The Morgan fingerprint density at radius 1 is 1.15 bits per heavy atom. The summed E-state index contributed by atoms with van der Waals surface area (Å²) in [7, 11) is 0. The zero-order valence-corrected chi connectivity index (χ0v) is 11.8. The molecule has 1 heterocycles. The number of likely N-dealkylation sites (tertiary alicyclic amines) is 1. The summed E-state index contributed by atoms with van der Waals surface area (Å²) in [6.45, 7) is 1.35. The van der Waals surface area contributed by atoms with Gasteiger partial charge in [-0.1, -0.05) is 0 Å². The van der Waals surface area contributed by atoms with Gasteiger partial charge in [0, 0.05) is 13.1 Å². The van der Waals surface area contributed by atoms with E-state index in [0.29, 0.717) is 31.8 Å². The third-order valence-electron chi connectivity index (χ3n) is 4.59. The molecule has 2 fully saturated rings. The first-order chi connectivity index (χ1) is 9.61. The molecule has 0 aromatic heterocycles. The Balaban J connectivity index is 1.70. The molecule has 114 valence electrons. The van der Waals surface area contributed by atoms with E-state index < -0.39 is 5.97 Å². The van der Waals surface area contributed by atoms with Crippen LogP contribution in [0.5, 0.6) is 0 Å². The number of amides is 2. The molecule has 3 N–H and O–H groups in total. The van der Waals surface area contributed by atoms with Gasteiger partial charge in [0.15, 0.2) is 0 Å². The first kappa shape index (κ1) is 15.1. The van der Waals surface area contributed by atoms with Crippen LogP contribution in [0.2, 0.25) is 0 Å². The van der Waals surface area contributed by atoms with Crippen molar-refractivity contribution in [1.82, 2.24) is 10.2 Å². The van der Waals surface area contributed by atoms with Crippen molar-refractivity contribution in [3.05, 3.63) is 0 Å². The average Bonchev–Trinajstić information content (AvgIpc) is 2.93. The summed E-state index contributed by atoms with van der Waals surface area (Å²) in [5.74, 6) is -0.528. The minimum atomic E-state index is -0.699. The Labute approximate surface area is 119 Å². The van der Waals surface area contributed by atoms with Gasteiger partial charge >= 0.3 is 12.0 Å². The lowest BCUT2D eigenvalue weighted by Crippen LogP contribution is -2.45. The average molecular weight is 284 g/mol. The van der Waals surface area contributed by atoms with Crippen molar-refractivity contribution in [1.29, 1.82) is 0 Å². The molecular weight excluding hydrogens is 260 g/mol. The number of urea groups is 1. The van der Waals surface area contributed by atoms with Crippen LogP contribution in [-0.2, 0) is 4.79 Å². The van der Waals surface area contributed by atoms with Crippen molar-refractivity contribution < 1.29 is 19.8 Å². The molecule has 0 spiro atoms. The summed E-state index contributed by atoms with van der Waals surface area (Å²) < 4.78 is 0. The fraction of sp³-hybridized carbons (Fsp3) is 0.857. The highest BCUT2D eigenvalue weighted by molar-refractivity contribution is 5.74. The monoisotopic (exact) mass is 284 g/mol. The standard InChI is InChI=1S/C14H24N2O4/c17-9-12-2-1-7-16(12)14(20)15-8-10-3-5-11(6-4-10)13(18)19/h10-12,17H,1-9H2,(H,15,20)(H,18,19). The highest BCUT2D eigenvalue weighted by Gasteiger charge is 2.29. The predicted molar refractivity (Wildman–Crippen MR) is 73.3 cm³/mol. The molecule has 1 unspecified atom stereocenters. The third kappa shape index (κ3) is 3.62. The van der Waals surface area contributed by atoms with Gasteiger partial charge < -0.3 is 20.4 Å². The highest BCUT2D eigenvalue weighted by Crippen LogP contribution is 2.28. The molecule has 2 aliphatic rings. The van der Waals surface area contributed by atoms with Gasteiger partial charge in [0.05, 0.1) is 18.6 Å². The van der Waals surface area contributed by atoms with Crippen LogP contribution in [0.3, 0.4) is 0 Å². The lowest BCUT2D eigenvalue weighted by Gasteiger charge is -2.28. The molecule has 0 aromatic rings. The van der Waals surface area contributed by atoms with Crippen molar-refractivity contribution in [2.45, 2.75) is 44.6 Å². The predicted octanol–water partition coefficient (Wildman–Crippen LogP) is 1.04. The number of rotatable bonds is 4. The van der Waals surface area contributed by atoms with Gasteiger partial charge in [-0.3, -0.25) is 4.79 Å². The SMILES string of the molecule is O=C(O)C1CCC(CNC(=O)N2CCCC2CO)CC1.